The lowest BCUT2D eigenvalue weighted by Gasteiger charge is -2.17. The fourth-order valence-corrected chi connectivity index (χ4v) is 1.52. The van der Waals surface area contributed by atoms with Gasteiger partial charge in [0.25, 0.3) is 0 Å². The summed E-state index contributed by atoms with van der Waals surface area (Å²) in [5, 5.41) is 2.78. The molecule has 1 amide bonds. The van der Waals surface area contributed by atoms with E-state index in [1.54, 1.807) is 21.0 Å². The largest absolute Gasteiger partial charge is 0.497 e. The minimum absolute atomic E-state index is 0.146. The highest BCUT2D eigenvalue weighted by Crippen LogP contribution is 2.11. The van der Waals surface area contributed by atoms with Gasteiger partial charge in [0.15, 0.2) is 0 Å². The number of ether oxygens (including phenoxy) is 2. The van der Waals surface area contributed by atoms with E-state index in [1.807, 2.05) is 24.3 Å². The summed E-state index contributed by atoms with van der Waals surface area (Å²) >= 11 is 0. The van der Waals surface area contributed by atoms with Crippen LogP contribution in [0, 0.1) is 0 Å². The van der Waals surface area contributed by atoms with E-state index in [0.29, 0.717) is 19.8 Å². The second-order valence-corrected chi connectivity index (χ2v) is 5.23. The van der Waals surface area contributed by atoms with Crippen molar-refractivity contribution in [3.8, 4) is 5.75 Å². The molecule has 0 atom stereocenters. The monoisotopic (exact) mass is 280 g/mol. The Balaban J connectivity index is 2.11. The van der Waals surface area contributed by atoms with Crippen LogP contribution in [0.2, 0.25) is 0 Å². The molecule has 0 aliphatic carbocycles. The molecule has 1 rings (SSSR count). The molecule has 5 heteroatoms. The van der Waals surface area contributed by atoms with Crippen LogP contribution in [-0.4, -0.2) is 31.7 Å². The molecule has 0 spiro atoms. The number of rotatable bonds is 8. The molecule has 0 unspecified atom stereocenters. The van der Waals surface area contributed by atoms with Crippen molar-refractivity contribution in [3.05, 3.63) is 29.8 Å². The Kier molecular flexibility index (Phi) is 6.48. The third-order valence-corrected chi connectivity index (χ3v) is 2.76. The number of carbonyl (C=O) groups is 1. The van der Waals surface area contributed by atoms with Crippen LogP contribution in [0.5, 0.6) is 5.75 Å². The fourth-order valence-electron chi connectivity index (χ4n) is 1.52. The fraction of sp³-hybridized carbons (Fsp3) is 0.533. The van der Waals surface area contributed by atoms with Crippen molar-refractivity contribution in [3.63, 3.8) is 0 Å². The molecule has 0 saturated heterocycles. The second kappa shape index (κ2) is 7.87. The second-order valence-electron chi connectivity index (χ2n) is 5.23. The summed E-state index contributed by atoms with van der Waals surface area (Å²) < 4.78 is 10.6. The number of carbonyl (C=O) groups excluding carboxylic acids is 1. The van der Waals surface area contributed by atoms with Crippen LogP contribution in [0.25, 0.3) is 0 Å². The summed E-state index contributed by atoms with van der Waals surface area (Å²) in [5.74, 6) is 0.688. The molecule has 0 aliphatic rings. The van der Waals surface area contributed by atoms with Gasteiger partial charge in [0.1, 0.15) is 5.75 Å². The molecule has 0 aliphatic heterocycles. The van der Waals surface area contributed by atoms with Gasteiger partial charge in [0.05, 0.1) is 19.3 Å². The SMILES string of the molecule is COc1ccc(COCCCNC(=O)C(C)(C)N)cc1. The van der Waals surface area contributed by atoms with Crippen LogP contribution in [-0.2, 0) is 16.1 Å². The summed E-state index contributed by atoms with van der Waals surface area (Å²) in [6.07, 6.45) is 0.762. The van der Waals surface area contributed by atoms with E-state index in [0.717, 1.165) is 17.7 Å². The van der Waals surface area contributed by atoms with Crippen LogP contribution in [0.15, 0.2) is 24.3 Å². The number of hydrogen-bond donors (Lipinski definition) is 2. The predicted molar refractivity (Wildman–Crippen MR) is 78.5 cm³/mol. The first-order chi connectivity index (χ1) is 9.43. The Morgan fingerprint density at radius 1 is 1.30 bits per heavy atom. The summed E-state index contributed by atoms with van der Waals surface area (Å²) in [6, 6.07) is 7.75. The standard InChI is InChI=1S/C15H24N2O3/c1-15(2,16)14(18)17-9-4-10-20-11-12-5-7-13(19-3)8-6-12/h5-8H,4,9-11,16H2,1-3H3,(H,17,18). The van der Waals surface area contributed by atoms with Gasteiger partial charge >= 0.3 is 0 Å². The Bertz CT molecular complexity index is 410. The van der Waals surface area contributed by atoms with Gasteiger partial charge in [-0.2, -0.15) is 0 Å². The average Bonchev–Trinajstić information content (AvgIpc) is 2.42. The Morgan fingerprint density at radius 3 is 2.50 bits per heavy atom. The maximum absolute atomic E-state index is 11.5. The van der Waals surface area contributed by atoms with Crippen molar-refractivity contribution in [2.24, 2.45) is 5.73 Å². The number of methoxy groups -OCH3 is 1. The smallest absolute Gasteiger partial charge is 0.239 e. The number of nitrogens with one attached hydrogen (secondary N) is 1. The van der Waals surface area contributed by atoms with Crippen LogP contribution < -0.4 is 15.8 Å². The van der Waals surface area contributed by atoms with Crippen LogP contribution in [0.1, 0.15) is 25.8 Å². The van der Waals surface area contributed by atoms with Gasteiger partial charge in [0.2, 0.25) is 5.91 Å². The molecule has 5 nitrogen and oxygen atoms in total. The first kappa shape index (κ1) is 16.5. The number of benzene rings is 1. The number of amides is 1. The van der Waals surface area contributed by atoms with Crippen molar-refractivity contribution < 1.29 is 14.3 Å². The summed E-state index contributed by atoms with van der Waals surface area (Å²) in [5.41, 5.74) is 5.93. The van der Waals surface area contributed by atoms with E-state index in [2.05, 4.69) is 5.32 Å². The number of nitrogens with two attached hydrogens (primary N) is 1. The maximum atomic E-state index is 11.5. The summed E-state index contributed by atoms with van der Waals surface area (Å²) in [6.45, 7) is 5.09. The molecule has 0 saturated carbocycles. The quantitative estimate of drug-likeness (QED) is 0.707. The summed E-state index contributed by atoms with van der Waals surface area (Å²) in [4.78, 5) is 11.5. The van der Waals surface area contributed by atoms with Gasteiger partial charge in [-0.05, 0) is 38.0 Å². The van der Waals surface area contributed by atoms with E-state index >= 15 is 0 Å². The highest BCUT2D eigenvalue weighted by molar-refractivity contribution is 5.84. The third-order valence-electron chi connectivity index (χ3n) is 2.76. The topological polar surface area (TPSA) is 73.6 Å². The lowest BCUT2D eigenvalue weighted by Crippen LogP contribution is -2.49. The van der Waals surface area contributed by atoms with E-state index in [9.17, 15) is 4.79 Å². The predicted octanol–water partition coefficient (Wildman–Crippen LogP) is 1.46. The zero-order valence-electron chi connectivity index (χ0n) is 12.4. The Hall–Kier alpha value is -1.59. The van der Waals surface area contributed by atoms with E-state index in [4.69, 9.17) is 15.2 Å². The molecule has 0 radical (unpaired) electrons. The van der Waals surface area contributed by atoms with Gasteiger partial charge < -0.3 is 20.5 Å². The van der Waals surface area contributed by atoms with Crippen LogP contribution in [0.3, 0.4) is 0 Å². The molecular formula is C15H24N2O3. The highest BCUT2D eigenvalue weighted by Gasteiger charge is 2.20. The lowest BCUT2D eigenvalue weighted by atomic mass is 10.1. The molecule has 0 heterocycles. The van der Waals surface area contributed by atoms with Crippen molar-refractivity contribution in [2.75, 3.05) is 20.3 Å². The first-order valence-electron chi connectivity index (χ1n) is 6.71. The molecule has 3 N–H and O–H groups in total. The lowest BCUT2D eigenvalue weighted by molar-refractivity contribution is -0.125. The number of hydrogen-bond acceptors (Lipinski definition) is 4. The highest BCUT2D eigenvalue weighted by atomic mass is 16.5. The zero-order chi connectivity index (χ0) is 15.0. The van der Waals surface area contributed by atoms with Gasteiger partial charge in [-0.15, -0.1) is 0 Å². The van der Waals surface area contributed by atoms with Gasteiger partial charge in [-0.25, -0.2) is 0 Å². The average molecular weight is 280 g/mol. The van der Waals surface area contributed by atoms with Crippen LogP contribution in [0.4, 0.5) is 0 Å². The maximum Gasteiger partial charge on any atom is 0.239 e. The molecule has 1 aromatic carbocycles. The first-order valence-corrected chi connectivity index (χ1v) is 6.71. The Morgan fingerprint density at radius 2 is 1.95 bits per heavy atom. The van der Waals surface area contributed by atoms with Crippen LogP contribution >= 0.6 is 0 Å². The summed E-state index contributed by atoms with van der Waals surface area (Å²) in [7, 11) is 1.64. The van der Waals surface area contributed by atoms with Gasteiger partial charge in [-0.1, -0.05) is 12.1 Å². The van der Waals surface area contributed by atoms with Crippen molar-refractivity contribution >= 4 is 5.91 Å². The van der Waals surface area contributed by atoms with Gasteiger partial charge in [0, 0.05) is 13.2 Å². The zero-order valence-corrected chi connectivity index (χ0v) is 12.4. The van der Waals surface area contributed by atoms with Crippen molar-refractivity contribution in [1.82, 2.24) is 5.32 Å². The minimum Gasteiger partial charge on any atom is -0.497 e. The molecule has 112 valence electrons. The van der Waals surface area contributed by atoms with E-state index in [-0.39, 0.29) is 5.91 Å². The molecule has 20 heavy (non-hydrogen) atoms. The molecular weight excluding hydrogens is 256 g/mol. The van der Waals surface area contributed by atoms with Gasteiger partial charge in [-0.3, -0.25) is 4.79 Å². The van der Waals surface area contributed by atoms with Crippen molar-refractivity contribution in [2.45, 2.75) is 32.4 Å². The molecule has 0 aromatic heterocycles. The molecule has 0 fully saturated rings. The third kappa shape index (κ3) is 6.04. The van der Waals surface area contributed by atoms with E-state index in [1.165, 1.54) is 0 Å². The van der Waals surface area contributed by atoms with Crippen molar-refractivity contribution in [1.29, 1.82) is 0 Å². The normalized spacial score (nSPS) is 11.2. The Labute approximate surface area is 120 Å². The van der Waals surface area contributed by atoms with E-state index < -0.39 is 5.54 Å². The molecule has 0 bridgehead atoms. The molecule has 1 aromatic rings. The minimum atomic E-state index is -0.829.